The molecule has 0 bridgehead atoms. The molecule has 0 unspecified atom stereocenters. The van der Waals surface area contributed by atoms with Gasteiger partial charge in [-0.05, 0) is 30.3 Å². The van der Waals surface area contributed by atoms with Gasteiger partial charge in [0, 0.05) is 24.5 Å². The highest BCUT2D eigenvalue weighted by Gasteiger charge is 2.35. The maximum Gasteiger partial charge on any atom is 0.293 e. The summed E-state index contributed by atoms with van der Waals surface area (Å²) in [6.07, 6.45) is 3.33. The van der Waals surface area contributed by atoms with Gasteiger partial charge in [-0.2, -0.15) is 0 Å². The molecule has 0 spiro atoms. The Hall–Kier alpha value is -2.45. The van der Waals surface area contributed by atoms with Crippen molar-refractivity contribution in [1.29, 1.82) is 0 Å². The maximum absolute atomic E-state index is 12.4. The molecule has 0 aliphatic carbocycles. The van der Waals surface area contributed by atoms with Crippen molar-refractivity contribution in [2.75, 3.05) is 11.9 Å². The zero-order chi connectivity index (χ0) is 17.8. The minimum Gasteiger partial charge on any atom is -0.302 e. The van der Waals surface area contributed by atoms with Gasteiger partial charge in [-0.1, -0.05) is 29.8 Å². The number of amides is 3. The predicted octanol–water partition coefficient (Wildman–Crippen LogP) is 3.52. The monoisotopic (exact) mass is 373 g/mol. The number of carbonyl (C=O) groups is 3. The lowest BCUT2D eigenvalue weighted by atomic mass is 10.1. The molecular weight excluding hydrogens is 358 g/mol. The van der Waals surface area contributed by atoms with Crippen LogP contribution in [0, 0.1) is 6.92 Å². The van der Waals surface area contributed by atoms with Crippen LogP contribution in [-0.4, -0.2) is 33.5 Å². The first-order valence-corrected chi connectivity index (χ1v) is 9.24. The summed E-state index contributed by atoms with van der Waals surface area (Å²) in [5.41, 5.74) is 1.94. The lowest BCUT2D eigenvalue weighted by Gasteiger charge is -2.11. The van der Waals surface area contributed by atoms with Gasteiger partial charge in [-0.25, -0.2) is 4.98 Å². The summed E-state index contributed by atoms with van der Waals surface area (Å²) >= 11 is 2.21. The molecule has 1 aliphatic rings. The third kappa shape index (κ3) is 4.34. The largest absolute Gasteiger partial charge is 0.302 e. The van der Waals surface area contributed by atoms with E-state index in [1.54, 1.807) is 17.7 Å². The lowest BCUT2D eigenvalue weighted by molar-refractivity contribution is -0.123. The maximum atomic E-state index is 12.4. The zero-order valence-corrected chi connectivity index (χ0v) is 15.0. The van der Waals surface area contributed by atoms with Crippen molar-refractivity contribution in [3.63, 3.8) is 0 Å². The SMILES string of the molecule is Cc1cccc(/C=C2\SC(=O)N(CCC(=O)Nc3nccs3)C2=O)c1. The Labute approximate surface area is 152 Å². The van der Waals surface area contributed by atoms with E-state index >= 15 is 0 Å². The average Bonchev–Trinajstić information content (AvgIpc) is 3.15. The second kappa shape index (κ2) is 7.62. The molecule has 1 aromatic heterocycles. The molecule has 25 heavy (non-hydrogen) atoms. The first-order chi connectivity index (χ1) is 12.0. The van der Waals surface area contributed by atoms with Gasteiger partial charge in [0.05, 0.1) is 4.91 Å². The third-order valence-corrected chi connectivity index (χ3v) is 5.05. The number of nitrogens with zero attached hydrogens (tertiary/aromatic N) is 2. The summed E-state index contributed by atoms with van der Waals surface area (Å²) in [6.45, 7) is 2.01. The molecule has 0 radical (unpaired) electrons. The van der Waals surface area contributed by atoms with Crippen LogP contribution in [0.3, 0.4) is 0 Å². The average molecular weight is 373 g/mol. The summed E-state index contributed by atoms with van der Waals surface area (Å²) in [5.74, 6) is -0.643. The van der Waals surface area contributed by atoms with Gasteiger partial charge in [-0.15, -0.1) is 11.3 Å². The van der Waals surface area contributed by atoms with Crippen LogP contribution in [0.1, 0.15) is 17.5 Å². The van der Waals surface area contributed by atoms with Crippen molar-refractivity contribution in [3.8, 4) is 0 Å². The second-order valence-electron chi connectivity index (χ2n) is 5.38. The first-order valence-electron chi connectivity index (χ1n) is 7.54. The van der Waals surface area contributed by atoms with E-state index in [9.17, 15) is 14.4 Å². The van der Waals surface area contributed by atoms with E-state index in [0.717, 1.165) is 27.8 Å². The second-order valence-corrected chi connectivity index (χ2v) is 7.27. The number of rotatable bonds is 5. The number of thiazole rings is 1. The van der Waals surface area contributed by atoms with Crippen molar-refractivity contribution in [1.82, 2.24) is 9.88 Å². The molecule has 1 fully saturated rings. The molecule has 1 aromatic carbocycles. The number of anilines is 1. The van der Waals surface area contributed by atoms with Crippen molar-refractivity contribution < 1.29 is 14.4 Å². The van der Waals surface area contributed by atoms with Gasteiger partial charge in [0.1, 0.15) is 0 Å². The van der Waals surface area contributed by atoms with Crippen LogP contribution in [0.2, 0.25) is 0 Å². The van der Waals surface area contributed by atoms with Gasteiger partial charge >= 0.3 is 0 Å². The fraction of sp³-hybridized carbons (Fsp3) is 0.176. The van der Waals surface area contributed by atoms with Crippen LogP contribution in [0.4, 0.5) is 9.93 Å². The van der Waals surface area contributed by atoms with Crippen LogP contribution in [0.5, 0.6) is 0 Å². The van der Waals surface area contributed by atoms with Gasteiger partial charge in [0.15, 0.2) is 5.13 Å². The third-order valence-electron chi connectivity index (χ3n) is 3.45. The van der Waals surface area contributed by atoms with Crippen LogP contribution in [-0.2, 0) is 9.59 Å². The molecule has 1 N–H and O–H groups in total. The van der Waals surface area contributed by atoms with Gasteiger partial charge < -0.3 is 5.32 Å². The van der Waals surface area contributed by atoms with Crippen LogP contribution < -0.4 is 5.32 Å². The summed E-state index contributed by atoms with van der Waals surface area (Å²) in [7, 11) is 0. The van der Waals surface area contributed by atoms with E-state index in [0.29, 0.717) is 10.0 Å². The summed E-state index contributed by atoms with van der Waals surface area (Å²) in [6, 6.07) is 7.68. The molecule has 3 rings (SSSR count). The quantitative estimate of drug-likeness (QED) is 0.811. The van der Waals surface area contributed by atoms with Gasteiger partial charge in [-0.3, -0.25) is 19.3 Å². The van der Waals surface area contributed by atoms with Gasteiger partial charge in [0.2, 0.25) is 5.91 Å². The first kappa shape index (κ1) is 17.4. The minimum atomic E-state index is -0.362. The number of hydrogen-bond acceptors (Lipinski definition) is 6. The summed E-state index contributed by atoms with van der Waals surface area (Å²) < 4.78 is 0. The van der Waals surface area contributed by atoms with Crippen molar-refractivity contribution >= 4 is 51.4 Å². The Morgan fingerprint density at radius 1 is 1.36 bits per heavy atom. The molecule has 6 nitrogen and oxygen atoms in total. The fourth-order valence-electron chi connectivity index (χ4n) is 2.28. The van der Waals surface area contributed by atoms with Crippen molar-refractivity contribution in [2.45, 2.75) is 13.3 Å². The van der Waals surface area contributed by atoms with Crippen LogP contribution in [0.25, 0.3) is 6.08 Å². The number of imide groups is 1. The molecule has 2 heterocycles. The number of benzene rings is 1. The minimum absolute atomic E-state index is 0.0370. The van der Waals surface area contributed by atoms with E-state index in [1.807, 2.05) is 31.2 Å². The molecule has 0 atom stereocenters. The van der Waals surface area contributed by atoms with Crippen molar-refractivity contribution in [3.05, 3.63) is 51.9 Å². The van der Waals surface area contributed by atoms with Crippen molar-refractivity contribution in [2.24, 2.45) is 0 Å². The predicted molar refractivity (Wildman–Crippen MR) is 99.2 cm³/mol. The van der Waals surface area contributed by atoms with E-state index < -0.39 is 0 Å². The summed E-state index contributed by atoms with van der Waals surface area (Å²) in [4.78, 5) is 41.8. The molecule has 1 saturated heterocycles. The Balaban J connectivity index is 1.62. The molecule has 3 amide bonds. The normalized spacial score (nSPS) is 15.9. The van der Waals surface area contributed by atoms with E-state index in [-0.39, 0.29) is 30.0 Å². The van der Waals surface area contributed by atoms with Crippen LogP contribution in [0.15, 0.2) is 40.7 Å². The van der Waals surface area contributed by atoms with Gasteiger partial charge in [0.25, 0.3) is 11.1 Å². The van der Waals surface area contributed by atoms with E-state index in [1.165, 1.54) is 11.3 Å². The fourth-order valence-corrected chi connectivity index (χ4v) is 3.69. The number of thioether (sulfide) groups is 1. The molecule has 0 saturated carbocycles. The highest BCUT2D eigenvalue weighted by Crippen LogP contribution is 2.32. The molecule has 1 aliphatic heterocycles. The molecule has 2 aromatic rings. The molecular formula is C17H15N3O3S2. The summed E-state index contributed by atoms with van der Waals surface area (Å²) in [5, 5.41) is 4.53. The number of aryl methyl sites for hydroxylation is 1. The number of aromatic nitrogens is 1. The topological polar surface area (TPSA) is 79.4 Å². The Morgan fingerprint density at radius 2 is 2.20 bits per heavy atom. The Kier molecular flexibility index (Phi) is 5.30. The Bertz CT molecular complexity index is 847. The van der Waals surface area contributed by atoms with Crippen LogP contribution >= 0.6 is 23.1 Å². The Morgan fingerprint density at radius 3 is 2.92 bits per heavy atom. The van der Waals surface area contributed by atoms with E-state index in [2.05, 4.69) is 10.3 Å². The highest BCUT2D eigenvalue weighted by molar-refractivity contribution is 8.18. The highest BCUT2D eigenvalue weighted by atomic mass is 32.2. The van der Waals surface area contributed by atoms with E-state index in [4.69, 9.17) is 0 Å². The number of hydrogen-bond donors (Lipinski definition) is 1. The lowest BCUT2D eigenvalue weighted by Crippen LogP contribution is -2.31. The number of carbonyl (C=O) groups excluding carboxylic acids is 3. The molecule has 8 heteroatoms. The smallest absolute Gasteiger partial charge is 0.293 e. The number of nitrogens with one attached hydrogen (secondary N) is 1. The standard InChI is InChI=1S/C17H15N3O3S2/c1-11-3-2-4-12(9-11)10-13-15(22)20(17(23)25-13)7-5-14(21)19-16-18-6-8-24-16/h2-4,6,8-10H,5,7H2,1H3,(H,18,19,21)/b13-10-. The zero-order valence-electron chi connectivity index (χ0n) is 13.4. The molecule has 128 valence electrons.